The second kappa shape index (κ2) is 7.82. The van der Waals surface area contributed by atoms with E-state index >= 15 is 0 Å². The molecule has 5 rings (SSSR count). The fraction of sp³-hybridized carbons (Fsp3) is 0.0800. The van der Waals surface area contributed by atoms with E-state index < -0.39 is 33.3 Å². The fourth-order valence-corrected chi connectivity index (χ4v) is 5.55. The molecular formula is C25H17ClF2N2O4S. The Morgan fingerprint density at radius 2 is 1.66 bits per heavy atom. The normalized spacial score (nSPS) is 17.5. The number of carbonyl (C=O) groups excluding carboxylic acids is 1. The molecule has 1 aliphatic heterocycles. The number of amides is 1. The lowest BCUT2D eigenvalue weighted by molar-refractivity contribution is 0.0478. The second-order valence-corrected chi connectivity index (χ2v) is 10.3. The molecule has 0 aromatic heterocycles. The van der Waals surface area contributed by atoms with E-state index in [0.29, 0.717) is 10.9 Å². The standard InChI is InChI=1S/C25H17ClF2N2O4S/c1-12-2-7-21(35(29,33)34)17(8-12)18-9-13-3-4-14(27)10-16(13)22-23(18)25(32,30-24(22)31)19-11-15(28)5-6-20(19)26/h2-11,32H,1H3,(H,30,31)(H2,29,33,34). The van der Waals surface area contributed by atoms with Crippen LogP contribution in [0, 0.1) is 18.6 Å². The highest BCUT2D eigenvalue weighted by Crippen LogP contribution is 2.47. The summed E-state index contributed by atoms with van der Waals surface area (Å²) < 4.78 is 53.3. The summed E-state index contributed by atoms with van der Waals surface area (Å²) in [4.78, 5) is 13.0. The molecule has 0 fully saturated rings. The molecule has 0 bridgehead atoms. The van der Waals surface area contributed by atoms with Gasteiger partial charge < -0.3 is 10.4 Å². The number of aliphatic hydroxyl groups is 1. The van der Waals surface area contributed by atoms with Crippen LogP contribution >= 0.6 is 11.6 Å². The zero-order chi connectivity index (χ0) is 25.3. The van der Waals surface area contributed by atoms with Crippen molar-refractivity contribution in [1.82, 2.24) is 5.32 Å². The number of sulfonamides is 1. The summed E-state index contributed by atoms with van der Waals surface area (Å²) in [6, 6.07) is 13.0. The molecule has 4 N–H and O–H groups in total. The van der Waals surface area contributed by atoms with Crippen LogP contribution in [0.25, 0.3) is 21.9 Å². The van der Waals surface area contributed by atoms with Gasteiger partial charge in [0.2, 0.25) is 10.0 Å². The van der Waals surface area contributed by atoms with Crippen molar-refractivity contribution in [1.29, 1.82) is 0 Å². The van der Waals surface area contributed by atoms with E-state index in [1.165, 1.54) is 30.3 Å². The van der Waals surface area contributed by atoms with Crippen molar-refractivity contribution in [2.75, 3.05) is 0 Å². The molecule has 6 nitrogen and oxygen atoms in total. The quantitative estimate of drug-likeness (QED) is 0.378. The Kier molecular flexibility index (Phi) is 5.22. The Balaban J connectivity index is 1.99. The summed E-state index contributed by atoms with van der Waals surface area (Å²) >= 11 is 6.30. The van der Waals surface area contributed by atoms with Crippen LogP contribution in [0.1, 0.15) is 27.0 Å². The first-order chi connectivity index (χ1) is 16.4. The van der Waals surface area contributed by atoms with Crippen LogP contribution in [-0.2, 0) is 15.7 Å². The topological polar surface area (TPSA) is 109 Å². The number of benzene rings is 4. The van der Waals surface area contributed by atoms with Crippen molar-refractivity contribution in [3.63, 3.8) is 0 Å². The summed E-state index contributed by atoms with van der Waals surface area (Å²) in [6.45, 7) is 1.73. The number of primary sulfonamides is 1. The van der Waals surface area contributed by atoms with Gasteiger partial charge in [-0.05, 0) is 65.7 Å². The Hall–Kier alpha value is -3.37. The summed E-state index contributed by atoms with van der Waals surface area (Å²) in [7, 11) is -4.24. The van der Waals surface area contributed by atoms with Gasteiger partial charge in [0.1, 0.15) is 11.6 Å². The van der Waals surface area contributed by atoms with Gasteiger partial charge >= 0.3 is 0 Å². The summed E-state index contributed by atoms with van der Waals surface area (Å²) in [5.41, 5.74) is -1.81. The number of nitrogens with one attached hydrogen (secondary N) is 1. The minimum Gasteiger partial charge on any atom is -0.363 e. The molecular weight excluding hydrogens is 498 g/mol. The third-order valence-corrected chi connectivity index (χ3v) is 7.34. The molecule has 0 saturated carbocycles. The molecule has 1 amide bonds. The molecule has 35 heavy (non-hydrogen) atoms. The predicted octanol–water partition coefficient (Wildman–Crippen LogP) is 4.33. The molecule has 10 heteroatoms. The summed E-state index contributed by atoms with van der Waals surface area (Å²) in [6.07, 6.45) is 0. The van der Waals surface area contributed by atoms with Crippen LogP contribution in [0.4, 0.5) is 8.78 Å². The Bertz CT molecular complexity index is 1690. The van der Waals surface area contributed by atoms with Gasteiger partial charge in [-0.15, -0.1) is 0 Å². The van der Waals surface area contributed by atoms with E-state index in [-0.39, 0.29) is 43.1 Å². The monoisotopic (exact) mass is 514 g/mol. The van der Waals surface area contributed by atoms with Crippen molar-refractivity contribution < 1.29 is 27.1 Å². The first-order valence-corrected chi connectivity index (χ1v) is 12.2. The minimum absolute atomic E-state index is 0.0525. The van der Waals surface area contributed by atoms with Crippen LogP contribution in [0.2, 0.25) is 5.02 Å². The van der Waals surface area contributed by atoms with E-state index in [4.69, 9.17) is 16.7 Å². The third-order valence-electron chi connectivity index (χ3n) is 6.04. The molecule has 0 aliphatic carbocycles. The molecule has 0 saturated heterocycles. The Morgan fingerprint density at radius 3 is 2.37 bits per heavy atom. The average molecular weight is 515 g/mol. The van der Waals surface area contributed by atoms with Crippen molar-refractivity contribution in [3.8, 4) is 11.1 Å². The van der Waals surface area contributed by atoms with Crippen LogP contribution in [0.15, 0.2) is 65.6 Å². The lowest BCUT2D eigenvalue weighted by Gasteiger charge is -2.28. The van der Waals surface area contributed by atoms with E-state index in [9.17, 15) is 27.1 Å². The predicted molar refractivity (Wildman–Crippen MR) is 127 cm³/mol. The summed E-state index contributed by atoms with van der Waals surface area (Å²) in [5.74, 6) is -2.12. The van der Waals surface area contributed by atoms with Crippen molar-refractivity contribution >= 4 is 38.3 Å². The Labute approximate surface area is 204 Å². The van der Waals surface area contributed by atoms with Gasteiger partial charge in [-0.3, -0.25) is 4.79 Å². The maximum atomic E-state index is 14.2. The molecule has 0 radical (unpaired) electrons. The zero-order valence-electron chi connectivity index (χ0n) is 18.1. The molecule has 178 valence electrons. The minimum atomic E-state index is -4.24. The van der Waals surface area contributed by atoms with E-state index in [1.807, 2.05) is 0 Å². The van der Waals surface area contributed by atoms with Gasteiger partial charge in [0.05, 0.1) is 10.5 Å². The van der Waals surface area contributed by atoms with E-state index in [0.717, 1.165) is 18.2 Å². The summed E-state index contributed by atoms with van der Waals surface area (Å²) in [5, 5.41) is 20.3. The van der Waals surface area contributed by atoms with E-state index in [2.05, 4.69) is 5.32 Å². The highest BCUT2D eigenvalue weighted by atomic mass is 35.5. The van der Waals surface area contributed by atoms with Crippen molar-refractivity contribution in [2.24, 2.45) is 5.14 Å². The van der Waals surface area contributed by atoms with Crippen LogP contribution in [0.5, 0.6) is 0 Å². The van der Waals surface area contributed by atoms with Gasteiger partial charge in [0.15, 0.2) is 5.72 Å². The van der Waals surface area contributed by atoms with Crippen LogP contribution in [0.3, 0.4) is 0 Å². The van der Waals surface area contributed by atoms with E-state index in [1.54, 1.807) is 19.1 Å². The highest BCUT2D eigenvalue weighted by molar-refractivity contribution is 7.89. The first-order valence-electron chi connectivity index (χ1n) is 10.3. The number of hydrogen-bond donors (Lipinski definition) is 3. The number of aryl methyl sites for hydroxylation is 1. The lowest BCUT2D eigenvalue weighted by atomic mass is 9.84. The molecule has 0 spiro atoms. The Morgan fingerprint density at radius 1 is 0.971 bits per heavy atom. The smallest absolute Gasteiger partial charge is 0.255 e. The zero-order valence-corrected chi connectivity index (χ0v) is 19.6. The number of nitrogens with two attached hydrogens (primary N) is 1. The SMILES string of the molecule is Cc1ccc(S(N)(=O)=O)c(-c2cc3ccc(F)cc3c3c2C(O)(c2cc(F)ccc2Cl)NC3=O)c1. The molecule has 4 aromatic carbocycles. The maximum absolute atomic E-state index is 14.2. The number of carbonyl (C=O) groups is 1. The molecule has 1 aliphatic rings. The van der Waals surface area contributed by atoms with Crippen molar-refractivity contribution in [2.45, 2.75) is 17.5 Å². The second-order valence-electron chi connectivity index (χ2n) is 8.37. The molecule has 1 heterocycles. The van der Waals surface area contributed by atoms with Gasteiger partial charge in [-0.2, -0.15) is 0 Å². The first kappa shape index (κ1) is 23.4. The van der Waals surface area contributed by atoms with Crippen molar-refractivity contribution in [3.05, 3.63) is 99.6 Å². The van der Waals surface area contributed by atoms with Gasteiger partial charge in [0, 0.05) is 21.7 Å². The maximum Gasteiger partial charge on any atom is 0.255 e. The largest absolute Gasteiger partial charge is 0.363 e. The molecule has 4 aromatic rings. The number of fused-ring (bicyclic) bond motifs is 3. The van der Waals surface area contributed by atoms with Crippen LogP contribution < -0.4 is 10.5 Å². The van der Waals surface area contributed by atoms with Gasteiger partial charge in [-0.25, -0.2) is 22.3 Å². The van der Waals surface area contributed by atoms with Gasteiger partial charge in [0.25, 0.3) is 5.91 Å². The highest BCUT2D eigenvalue weighted by Gasteiger charge is 2.47. The third kappa shape index (κ3) is 3.68. The molecule has 1 atom stereocenters. The van der Waals surface area contributed by atoms with Crippen LogP contribution in [-0.4, -0.2) is 19.4 Å². The number of halogens is 3. The van der Waals surface area contributed by atoms with Gasteiger partial charge in [-0.1, -0.05) is 35.4 Å². The lowest BCUT2D eigenvalue weighted by Crippen LogP contribution is -2.40. The fourth-order valence-electron chi connectivity index (χ4n) is 4.56. The number of hydrogen-bond acceptors (Lipinski definition) is 4. The number of rotatable bonds is 3. The molecule has 1 unspecified atom stereocenters. The average Bonchev–Trinajstić information content (AvgIpc) is 3.05.